The van der Waals surface area contributed by atoms with Crippen LogP contribution in [0.4, 0.5) is 8.78 Å². The average Bonchev–Trinajstić information content (AvgIpc) is 3.25. The molecule has 3 aromatic rings. The van der Waals surface area contributed by atoms with E-state index in [0.29, 0.717) is 24.9 Å². The number of nitrogens with zero attached hydrogens (tertiary/aromatic N) is 3. The van der Waals surface area contributed by atoms with E-state index < -0.39 is 46.7 Å². The number of halogens is 2. The van der Waals surface area contributed by atoms with Gasteiger partial charge in [-0.05, 0) is 30.5 Å². The SMILES string of the molecule is O=C1c2c(O)c(=O)cnn2[C@@H]([C@@H](c2ccccc2)c2c(F)cccc2F)[C@H]2CCCN12. The number of rotatable bonds is 3. The maximum atomic E-state index is 15.0. The highest BCUT2D eigenvalue weighted by molar-refractivity contribution is 5.96. The third-order valence-corrected chi connectivity index (χ3v) is 6.24. The number of fused-ring (bicyclic) bond motifs is 2. The molecule has 3 atom stereocenters. The molecule has 6 nitrogen and oxygen atoms in total. The lowest BCUT2D eigenvalue weighted by atomic mass is 9.79. The quantitative estimate of drug-likeness (QED) is 0.702. The van der Waals surface area contributed by atoms with Gasteiger partial charge in [-0.2, -0.15) is 5.10 Å². The summed E-state index contributed by atoms with van der Waals surface area (Å²) in [5.74, 6) is -3.45. The fraction of sp³-hybridized carbons (Fsp3) is 0.261. The number of hydrogen-bond acceptors (Lipinski definition) is 4. The first-order chi connectivity index (χ1) is 15.0. The van der Waals surface area contributed by atoms with Crippen LogP contribution in [0.2, 0.25) is 0 Å². The van der Waals surface area contributed by atoms with E-state index in [0.717, 1.165) is 6.20 Å². The van der Waals surface area contributed by atoms with Gasteiger partial charge in [0.15, 0.2) is 11.4 Å². The first-order valence-corrected chi connectivity index (χ1v) is 10.1. The summed E-state index contributed by atoms with van der Waals surface area (Å²) in [7, 11) is 0. The summed E-state index contributed by atoms with van der Waals surface area (Å²) in [6, 6.07) is 11.5. The van der Waals surface area contributed by atoms with Crippen molar-refractivity contribution in [1.29, 1.82) is 0 Å². The van der Waals surface area contributed by atoms with Crippen molar-refractivity contribution in [3.63, 3.8) is 0 Å². The van der Waals surface area contributed by atoms with E-state index in [4.69, 9.17) is 0 Å². The Labute approximate surface area is 176 Å². The Balaban J connectivity index is 1.82. The van der Waals surface area contributed by atoms with Gasteiger partial charge in [-0.25, -0.2) is 8.78 Å². The second kappa shape index (κ2) is 7.30. The third-order valence-electron chi connectivity index (χ3n) is 6.24. The van der Waals surface area contributed by atoms with Crippen LogP contribution in [-0.4, -0.2) is 38.3 Å². The molecule has 0 bridgehead atoms. The van der Waals surface area contributed by atoms with Crippen LogP contribution in [0.3, 0.4) is 0 Å². The molecule has 2 aliphatic heterocycles. The molecule has 0 radical (unpaired) electrons. The van der Waals surface area contributed by atoms with E-state index in [9.17, 15) is 14.7 Å². The van der Waals surface area contributed by atoms with Gasteiger partial charge < -0.3 is 10.0 Å². The lowest BCUT2D eigenvalue weighted by Crippen LogP contribution is -2.51. The minimum Gasteiger partial charge on any atom is -0.502 e. The average molecular weight is 423 g/mol. The maximum absolute atomic E-state index is 15.0. The minimum atomic E-state index is -0.839. The Morgan fingerprint density at radius 2 is 1.74 bits per heavy atom. The Bertz CT molecular complexity index is 1210. The number of carbonyl (C=O) groups is 1. The molecular formula is C23H19F2N3O3. The van der Waals surface area contributed by atoms with Crippen LogP contribution in [0.25, 0.3) is 0 Å². The molecule has 1 amide bonds. The molecule has 1 aromatic heterocycles. The van der Waals surface area contributed by atoms with Crippen LogP contribution in [0.15, 0.2) is 59.5 Å². The standard InChI is InChI=1S/C23H19F2N3O3/c24-14-8-4-9-15(25)19(14)18(13-6-2-1-3-7-13)20-16-10-5-11-27(16)23(31)21-22(30)17(29)12-26-28(20)21/h1-4,6-9,12,16,18,20,30H,5,10-11H2/t16-,18+,20-/m1/s1. The van der Waals surface area contributed by atoms with Crippen molar-refractivity contribution in [2.24, 2.45) is 0 Å². The molecule has 158 valence electrons. The predicted molar refractivity (Wildman–Crippen MR) is 108 cm³/mol. The molecule has 2 aliphatic rings. The second-order valence-electron chi connectivity index (χ2n) is 7.87. The normalized spacial score (nSPS) is 21.0. The van der Waals surface area contributed by atoms with Gasteiger partial charge in [0.2, 0.25) is 5.43 Å². The molecule has 31 heavy (non-hydrogen) atoms. The van der Waals surface area contributed by atoms with Gasteiger partial charge in [-0.15, -0.1) is 0 Å². The first-order valence-electron chi connectivity index (χ1n) is 10.1. The highest BCUT2D eigenvalue weighted by Crippen LogP contribution is 2.46. The Kier molecular flexibility index (Phi) is 4.57. The highest BCUT2D eigenvalue weighted by Gasteiger charge is 2.48. The summed E-state index contributed by atoms with van der Waals surface area (Å²) in [6.07, 6.45) is 2.25. The van der Waals surface area contributed by atoms with Crippen molar-refractivity contribution in [2.45, 2.75) is 30.8 Å². The van der Waals surface area contributed by atoms with Crippen LogP contribution < -0.4 is 5.43 Å². The van der Waals surface area contributed by atoms with Gasteiger partial charge in [0.1, 0.15) is 11.6 Å². The van der Waals surface area contributed by atoms with Crippen LogP contribution in [0.5, 0.6) is 5.75 Å². The van der Waals surface area contributed by atoms with E-state index in [1.165, 1.54) is 22.9 Å². The lowest BCUT2D eigenvalue weighted by Gasteiger charge is -2.42. The second-order valence-corrected chi connectivity index (χ2v) is 7.87. The summed E-state index contributed by atoms with van der Waals surface area (Å²) in [6.45, 7) is 0.434. The van der Waals surface area contributed by atoms with Crippen LogP contribution in [-0.2, 0) is 0 Å². The number of benzene rings is 2. The van der Waals surface area contributed by atoms with Crippen LogP contribution in [0, 0.1) is 11.6 Å². The molecule has 0 spiro atoms. The molecule has 1 N–H and O–H groups in total. The minimum absolute atomic E-state index is 0.133. The zero-order valence-corrected chi connectivity index (χ0v) is 16.4. The molecule has 0 saturated carbocycles. The zero-order chi connectivity index (χ0) is 21.7. The Morgan fingerprint density at radius 3 is 2.45 bits per heavy atom. The molecule has 1 saturated heterocycles. The largest absolute Gasteiger partial charge is 0.502 e. The third kappa shape index (κ3) is 2.93. The molecular weight excluding hydrogens is 404 g/mol. The summed E-state index contributed by atoms with van der Waals surface area (Å²) in [4.78, 5) is 26.7. The van der Waals surface area contributed by atoms with E-state index >= 15 is 8.78 Å². The van der Waals surface area contributed by atoms with Gasteiger partial charge in [-0.1, -0.05) is 36.4 Å². The van der Waals surface area contributed by atoms with E-state index in [1.54, 1.807) is 35.2 Å². The van der Waals surface area contributed by atoms with Gasteiger partial charge in [-0.3, -0.25) is 14.3 Å². The molecule has 0 aliphatic carbocycles. The van der Waals surface area contributed by atoms with Gasteiger partial charge >= 0.3 is 0 Å². The fourth-order valence-electron chi connectivity index (χ4n) is 4.95. The molecule has 5 rings (SSSR count). The highest BCUT2D eigenvalue weighted by atomic mass is 19.1. The summed E-state index contributed by atoms with van der Waals surface area (Å²) in [5, 5.41) is 14.6. The number of carbonyl (C=O) groups excluding carboxylic acids is 1. The summed E-state index contributed by atoms with van der Waals surface area (Å²) < 4.78 is 31.3. The van der Waals surface area contributed by atoms with E-state index in [-0.39, 0.29) is 11.3 Å². The first kappa shape index (κ1) is 19.4. The van der Waals surface area contributed by atoms with E-state index in [2.05, 4.69) is 5.10 Å². The molecule has 1 fully saturated rings. The molecule has 0 unspecified atom stereocenters. The van der Waals surface area contributed by atoms with E-state index in [1.807, 2.05) is 0 Å². The topological polar surface area (TPSA) is 75.4 Å². The Morgan fingerprint density at radius 1 is 1.03 bits per heavy atom. The molecule has 2 aromatic carbocycles. The van der Waals surface area contributed by atoms with Crippen molar-refractivity contribution in [2.75, 3.05) is 6.54 Å². The fourth-order valence-corrected chi connectivity index (χ4v) is 4.95. The summed E-state index contributed by atoms with van der Waals surface area (Å²) >= 11 is 0. The number of aromatic nitrogens is 2. The van der Waals surface area contributed by atoms with Crippen molar-refractivity contribution < 1.29 is 18.7 Å². The van der Waals surface area contributed by atoms with Crippen molar-refractivity contribution in [3.8, 4) is 5.75 Å². The summed E-state index contributed by atoms with van der Waals surface area (Å²) in [5.41, 5.74) is -0.507. The predicted octanol–water partition coefficient (Wildman–Crippen LogP) is 3.22. The van der Waals surface area contributed by atoms with Crippen LogP contribution in [0.1, 0.15) is 46.4 Å². The number of aromatic hydroxyl groups is 1. The number of hydrogen-bond donors (Lipinski definition) is 1. The Hall–Kier alpha value is -3.55. The molecule has 8 heteroatoms. The zero-order valence-electron chi connectivity index (χ0n) is 16.4. The number of amides is 1. The monoisotopic (exact) mass is 423 g/mol. The lowest BCUT2D eigenvalue weighted by molar-refractivity contribution is 0.0563. The maximum Gasteiger partial charge on any atom is 0.276 e. The van der Waals surface area contributed by atoms with Gasteiger partial charge in [0.25, 0.3) is 5.91 Å². The molecule has 3 heterocycles. The van der Waals surface area contributed by atoms with Crippen molar-refractivity contribution in [1.82, 2.24) is 14.7 Å². The van der Waals surface area contributed by atoms with Crippen molar-refractivity contribution in [3.05, 3.63) is 93.4 Å². The smallest absolute Gasteiger partial charge is 0.276 e. The van der Waals surface area contributed by atoms with Gasteiger partial charge in [0.05, 0.1) is 18.3 Å². The van der Waals surface area contributed by atoms with Crippen LogP contribution >= 0.6 is 0 Å². The van der Waals surface area contributed by atoms with Gasteiger partial charge in [0, 0.05) is 18.0 Å². The van der Waals surface area contributed by atoms with Crippen molar-refractivity contribution >= 4 is 5.91 Å².